The van der Waals surface area contributed by atoms with E-state index in [2.05, 4.69) is 171 Å². The Balaban J connectivity index is 1.43. The van der Waals surface area contributed by atoms with Gasteiger partial charge in [0, 0.05) is 0 Å². The van der Waals surface area contributed by atoms with Crippen LogP contribution in [0.15, 0.2) is 164 Å². The summed E-state index contributed by atoms with van der Waals surface area (Å²) in [5, 5.41) is 7.64. The third kappa shape index (κ3) is 4.31. The van der Waals surface area contributed by atoms with Crippen molar-refractivity contribution in [3.8, 4) is 44.5 Å². The van der Waals surface area contributed by atoms with Crippen molar-refractivity contribution in [2.24, 2.45) is 0 Å². The average Bonchev–Trinajstić information content (AvgIpc) is 3.07. The predicted molar refractivity (Wildman–Crippen MR) is 185 cm³/mol. The van der Waals surface area contributed by atoms with Crippen molar-refractivity contribution in [3.05, 3.63) is 169 Å². The van der Waals surface area contributed by atoms with Crippen LogP contribution in [-0.2, 0) is 0 Å². The lowest BCUT2D eigenvalue weighted by molar-refractivity contribution is 1.47. The molecule has 43 heavy (non-hydrogen) atoms. The van der Waals surface area contributed by atoms with Crippen molar-refractivity contribution >= 4 is 32.3 Å². The SMILES string of the molecule is Cc1cccc(-c2ccc(-c3c4ccccc4c(-c4cccc(-c5ccccc5)c4)c4ccccc34)c3ccccc23)c1. The zero-order chi connectivity index (χ0) is 28.8. The Hall–Kier alpha value is -5.46. The van der Waals surface area contributed by atoms with E-state index in [-0.39, 0.29) is 0 Å². The monoisotopic (exact) mass is 546 g/mol. The summed E-state index contributed by atoms with van der Waals surface area (Å²) in [5.74, 6) is 0. The normalized spacial score (nSPS) is 11.4. The first-order valence-electron chi connectivity index (χ1n) is 14.9. The van der Waals surface area contributed by atoms with E-state index >= 15 is 0 Å². The summed E-state index contributed by atoms with van der Waals surface area (Å²) in [5.41, 5.74) is 11.3. The molecule has 0 aliphatic rings. The smallest absolute Gasteiger partial charge is 0.00201 e. The van der Waals surface area contributed by atoms with Crippen LogP contribution in [0.2, 0.25) is 0 Å². The minimum Gasteiger partial charge on any atom is -0.0622 e. The molecule has 0 N–H and O–H groups in total. The first-order valence-corrected chi connectivity index (χ1v) is 14.9. The highest BCUT2D eigenvalue weighted by Crippen LogP contribution is 2.46. The Morgan fingerprint density at radius 1 is 0.279 bits per heavy atom. The van der Waals surface area contributed by atoms with E-state index < -0.39 is 0 Å². The molecule has 0 aliphatic carbocycles. The highest BCUT2D eigenvalue weighted by atomic mass is 14.2. The lowest BCUT2D eigenvalue weighted by Gasteiger charge is -2.20. The van der Waals surface area contributed by atoms with E-state index in [1.165, 1.54) is 82.4 Å². The summed E-state index contributed by atoms with van der Waals surface area (Å²) in [7, 11) is 0. The second-order valence-corrected chi connectivity index (χ2v) is 11.4. The molecule has 0 bridgehead atoms. The van der Waals surface area contributed by atoms with Crippen LogP contribution in [-0.4, -0.2) is 0 Å². The van der Waals surface area contributed by atoms with Crippen LogP contribution in [0.25, 0.3) is 76.8 Å². The molecule has 0 atom stereocenters. The molecule has 202 valence electrons. The molecule has 0 aliphatic heterocycles. The van der Waals surface area contributed by atoms with E-state index in [0.29, 0.717) is 0 Å². The van der Waals surface area contributed by atoms with Crippen LogP contribution >= 0.6 is 0 Å². The molecule has 0 nitrogen and oxygen atoms in total. The number of fused-ring (bicyclic) bond motifs is 3. The fourth-order valence-corrected chi connectivity index (χ4v) is 6.80. The summed E-state index contributed by atoms with van der Waals surface area (Å²) < 4.78 is 0. The van der Waals surface area contributed by atoms with E-state index in [0.717, 1.165) is 0 Å². The van der Waals surface area contributed by atoms with E-state index in [9.17, 15) is 0 Å². The van der Waals surface area contributed by atoms with Gasteiger partial charge < -0.3 is 0 Å². The molecule has 0 unspecified atom stereocenters. The summed E-state index contributed by atoms with van der Waals surface area (Å²) in [6, 6.07) is 59.9. The van der Waals surface area contributed by atoms with Crippen molar-refractivity contribution in [2.45, 2.75) is 6.92 Å². The van der Waals surface area contributed by atoms with Gasteiger partial charge in [-0.3, -0.25) is 0 Å². The average molecular weight is 547 g/mol. The molecular weight excluding hydrogens is 516 g/mol. The van der Waals surface area contributed by atoms with Gasteiger partial charge in [-0.2, -0.15) is 0 Å². The third-order valence-corrected chi connectivity index (χ3v) is 8.71. The van der Waals surface area contributed by atoms with Gasteiger partial charge in [-0.1, -0.05) is 163 Å². The highest BCUT2D eigenvalue weighted by molar-refractivity contribution is 6.24. The molecular formula is C43H30. The zero-order valence-electron chi connectivity index (χ0n) is 24.1. The van der Waals surface area contributed by atoms with Crippen LogP contribution in [0, 0.1) is 6.92 Å². The van der Waals surface area contributed by atoms with E-state index in [1.54, 1.807) is 0 Å². The minimum absolute atomic E-state index is 1.23. The summed E-state index contributed by atoms with van der Waals surface area (Å²) in [6.45, 7) is 2.16. The lowest BCUT2D eigenvalue weighted by atomic mass is 9.83. The highest BCUT2D eigenvalue weighted by Gasteiger charge is 2.19. The maximum absolute atomic E-state index is 2.34. The van der Waals surface area contributed by atoms with Crippen molar-refractivity contribution in [3.63, 3.8) is 0 Å². The van der Waals surface area contributed by atoms with E-state index in [1.807, 2.05) is 0 Å². The Bertz CT molecular complexity index is 2230. The molecule has 0 amide bonds. The Kier molecular flexibility index (Phi) is 6.12. The number of rotatable bonds is 4. The number of hydrogen-bond donors (Lipinski definition) is 0. The Labute approximate surface area is 252 Å². The van der Waals surface area contributed by atoms with Crippen molar-refractivity contribution in [1.82, 2.24) is 0 Å². The molecule has 8 rings (SSSR count). The van der Waals surface area contributed by atoms with Gasteiger partial charge in [0.1, 0.15) is 0 Å². The van der Waals surface area contributed by atoms with Crippen LogP contribution < -0.4 is 0 Å². The molecule has 8 aromatic rings. The Morgan fingerprint density at radius 3 is 1.40 bits per heavy atom. The molecule has 0 heterocycles. The predicted octanol–water partition coefficient (Wildman–Crippen LogP) is 12.1. The van der Waals surface area contributed by atoms with Gasteiger partial charge in [-0.25, -0.2) is 0 Å². The van der Waals surface area contributed by atoms with Gasteiger partial charge in [0.25, 0.3) is 0 Å². The van der Waals surface area contributed by atoms with Gasteiger partial charge in [-0.05, 0) is 89.8 Å². The van der Waals surface area contributed by atoms with Gasteiger partial charge in [0.2, 0.25) is 0 Å². The second kappa shape index (κ2) is 10.4. The van der Waals surface area contributed by atoms with Gasteiger partial charge in [-0.15, -0.1) is 0 Å². The third-order valence-electron chi connectivity index (χ3n) is 8.71. The standard InChI is InChI=1S/C43H30/c1-29-13-11-17-32(27-29)34-25-26-41(36-20-6-5-19-35(34)36)43-39-23-9-7-21-37(39)42(38-22-8-10-24-40(38)43)33-18-12-16-31(28-33)30-14-3-2-4-15-30/h2-28H,1H3. The van der Waals surface area contributed by atoms with E-state index in [4.69, 9.17) is 0 Å². The zero-order valence-corrected chi connectivity index (χ0v) is 24.1. The number of aryl methyl sites for hydroxylation is 1. The van der Waals surface area contributed by atoms with Crippen molar-refractivity contribution in [1.29, 1.82) is 0 Å². The molecule has 0 heteroatoms. The number of benzene rings is 8. The fourth-order valence-electron chi connectivity index (χ4n) is 6.80. The number of hydrogen-bond acceptors (Lipinski definition) is 0. The largest absolute Gasteiger partial charge is 0.0622 e. The summed E-state index contributed by atoms with van der Waals surface area (Å²) >= 11 is 0. The first kappa shape index (κ1) is 25.3. The second-order valence-electron chi connectivity index (χ2n) is 11.4. The molecule has 0 aromatic heterocycles. The molecule has 0 radical (unpaired) electrons. The van der Waals surface area contributed by atoms with Crippen LogP contribution in [0.4, 0.5) is 0 Å². The molecule has 0 saturated carbocycles. The van der Waals surface area contributed by atoms with Crippen LogP contribution in [0.1, 0.15) is 5.56 Å². The molecule has 0 spiro atoms. The van der Waals surface area contributed by atoms with Gasteiger partial charge in [0.15, 0.2) is 0 Å². The quantitative estimate of drug-likeness (QED) is 0.193. The summed E-state index contributed by atoms with van der Waals surface area (Å²) in [4.78, 5) is 0. The molecule has 0 fully saturated rings. The van der Waals surface area contributed by atoms with Crippen LogP contribution in [0.5, 0.6) is 0 Å². The fraction of sp³-hybridized carbons (Fsp3) is 0.0233. The maximum atomic E-state index is 2.34. The Morgan fingerprint density at radius 2 is 0.744 bits per heavy atom. The van der Waals surface area contributed by atoms with Crippen LogP contribution in [0.3, 0.4) is 0 Å². The summed E-state index contributed by atoms with van der Waals surface area (Å²) in [6.07, 6.45) is 0. The van der Waals surface area contributed by atoms with Crippen molar-refractivity contribution < 1.29 is 0 Å². The topological polar surface area (TPSA) is 0 Å². The molecule has 8 aromatic carbocycles. The lowest BCUT2D eigenvalue weighted by Crippen LogP contribution is -1.92. The van der Waals surface area contributed by atoms with Gasteiger partial charge >= 0.3 is 0 Å². The first-order chi connectivity index (χ1) is 21.3. The maximum Gasteiger partial charge on any atom is -0.00201 e. The van der Waals surface area contributed by atoms with Crippen molar-refractivity contribution in [2.75, 3.05) is 0 Å². The van der Waals surface area contributed by atoms with Gasteiger partial charge in [0.05, 0.1) is 0 Å². The minimum atomic E-state index is 1.23. The molecule has 0 saturated heterocycles.